The molecular formula is C15H24O2Si. The molecule has 2 nitrogen and oxygen atoms in total. The Kier molecular flexibility index (Phi) is 5.47. The Hall–Kier alpha value is -1.22. The molecule has 0 unspecified atom stereocenters. The molecule has 100 valence electrons. The second-order valence-corrected chi connectivity index (χ2v) is 9.81. The van der Waals surface area contributed by atoms with Crippen molar-refractivity contribution in [2.75, 3.05) is 6.61 Å². The van der Waals surface area contributed by atoms with Gasteiger partial charge in [0.05, 0.1) is 6.61 Å². The van der Waals surface area contributed by atoms with Crippen LogP contribution in [0.15, 0.2) is 41.9 Å². The van der Waals surface area contributed by atoms with Crippen molar-refractivity contribution in [3.63, 3.8) is 0 Å². The van der Waals surface area contributed by atoms with Gasteiger partial charge in [-0.15, -0.1) is 0 Å². The molecule has 0 saturated heterocycles. The topological polar surface area (TPSA) is 18.5 Å². The highest BCUT2D eigenvalue weighted by Gasteiger charge is 2.20. The van der Waals surface area contributed by atoms with Gasteiger partial charge in [-0.05, 0) is 39.1 Å². The van der Waals surface area contributed by atoms with E-state index in [2.05, 4.69) is 50.8 Å². The van der Waals surface area contributed by atoms with Crippen molar-refractivity contribution in [1.82, 2.24) is 0 Å². The van der Waals surface area contributed by atoms with E-state index in [9.17, 15) is 0 Å². The molecule has 0 fully saturated rings. The Morgan fingerprint density at radius 1 is 1.11 bits per heavy atom. The predicted octanol–water partition coefficient (Wildman–Crippen LogP) is 4.35. The van der Waals surface area contributed by atoms with Crippen LogP contribution in [0.3, 0.4) is 0 Å². The van der Waals surface area contributed by atoms with Crippen LogP contribution in [0.5, 0.6) is 0 Å². The summed E-state index contributed by atoms with van der Waals surface area (Å²) in [6.45, 7) is 11.2. The third-order valence-corrected chi connectivity index (χ3v) is 3.13. The van der Waals surface area contributed by atoms with E-state index in [0.29, 0.717) is 6.61 Å². The van der Waals surface area contributed by atoms with E-state index >= 15 is 0 Å². The molecule has 18 heavy (non-hydrogen) atoms. The molecule has 0 atom stereocenters. The molecule has 0 spiro atoms. The zero-order valence-corrected chi connectivity index (χ0v) is 13.1. The van der Waals surface area contributed by atoms with E-state index in [0.717, 1.165) is 17.9 Å². The number of rotatable bonds is 6. The summed E-state index contributed by atoms with van der Waals surface area (Å²) in [4.78, 5) is 0. The van der Waals surface area contributed by atoms with Crippen LogP contribution in [-0.2, 0) is 15.6 Å². The van der Waals surface area contributed by atoms with Gasteiger partial charge in [-0.3, -0.25) is 0 Å². The molecule has 1 aromatic carbocycles. The first kappa shape index (κ1) is 14.8. The third kappa shape index (κ3) is 5.41. The second kappa shape index (κ2) is 6.64. The van der Waals surface area contributed by atoms with Crippen LogP contribution in [0.1, 0.15) is 19.4 Å². The number of allylic oxidation sites excluding steroid dienone is 1. The molecule has 0 aliphatic rings. The molecule has 0 aliphatic heterocycles. The van der Waals surface area contributed by atoms with Crippen molar-refractivity contribution in [2.45, 2.75) is 39.9 Å². The lowest BCUT2D eigenvalue weighted by Gasteiger charge is -2.23. The van der Waals surface area contributed by atoms with Crippen molar-refractivity contribution in [3.8, 4) is 0 Å². The first-order valence-electron chi connectivity index (χ1n) is 6.48. The molecule has 0 aliphatic carbocycles. The quantitative estimate of drug-likeness (QED) is 0.562. The van der Waals surface area contributed by atoms with Crippen LogP contribution in [0, 0.1) is 0 Å². The molecule has 1 rings (SSSR count). The maximum atomic E-state index is 6.01. The van der Waals surface area contributed by atoms with Gasteiger partial charge in [0.25, 0.3) is 5.95 Å². The van der Waals surface area contributed by atoms with Crippen LogP contribution in [0.2, 0.25) is 19.6 Å². The molecule has 1 aromatic rings. The second-order valence-electron chi connectivity index (χ2n) is 5.38. The summed E-state index contributed by atoms with van der Waals surface area (Å²) >= 11 is 0. The molecule has 0 N–H and O–H groups in total. The highest BCUT2D eigenvalue weighted by Crippen LogP contribution is 2.18. The first-order valence-corrected chi connectivity index (χ1v) is 9.88. The van der Waals surface area contributed by atoms with Gasteiger partial charge in [0.15, 0.2) is 0 Å². The number of hydrogen-bond acceptors (Lipinski definition) is 2. The molecule has 0 bridgehead atoms. The van der Waals surface area contributed by atoms with E-state index in [1.54, 1.807) is 0 Å². The largest absolute Gasteiger partial charge is 0.520 e. The van der Waals surface area contributed by atoms with Gasteiger partial charge in [-0.25, -0.2) is 0 Å². The minimum absolute atomic E-state index is 0.645. The van der Waals surface area contributed by atoms with Gasteiger partial charge in [0, 0.05) is 12.0 Å². The van der Waals surface area contributed by atoms with Crippen LogP contribution in [-0.4, -0.2) is 14.9 Å². The predicted molar refractivity (Wildman–Crippen MR) is 78.9 cm³/mol. The summed E-state index contributed by atoms with van der Waals surface area (Å²) in [6, 6.07) is 10.4. The molecule has 3 heteroatoms. The van der Waals surface area contributed by atoms with E-state index in [4.69, 9.17) is 9.16 Å². The Balaban J connectivity index is 2.83. The molecule has 0 radical (unpaired) electrons. The monoisotopic (exact) mass is 264 g/mol. The van der Waals surface area contributed by atoms with Gasteiger partial charge in [0.1, 0.15) is 0 Å². The Morgan fingerprint density at radius 3 is 2.22 bits per heavy atom. The maximum absolute atomic E-state index is 6.01. The van der Waals surface area contributed by atoms with Gasteiger partial charge in [0.2, 0.25) is 8.32 Å². The Morgan fingerprint density at radius 2 is 1.72 bits per heavy atom. The average Bonchev–Trinajstić information content (AvgIpc) is 2.28. The van der Waals surface area contributed by atoms with Crippen molar-refractivity contribution in [3.05, 3.63) is 47.4 Å². The van der Waals surface area contributed by atoms with Crippen LogP contribution < -0.4 is 0 Å². The van der Waals surface area contributed by atoms with Crippen LogP contribution in [0.25, 0.3) is 0 Å². The third-order valence-electron chi connectivity index (χ3n) is 2.33. The van der Waals surface area contributed by atoms with E-state index in [-0.39, 0.29) is 0 Å². The summed E-state index contributed by atoms with van der Waals surface area (Å²) in [5.41, 5.74) is 2.44. The number of hydrogen-bond donors (Lipinski definition) is 0. The fourth-order valence-electron chi connectivity index (χ4n) is 1.62. The van der Waals surface area contributed by atoms with Gasteiger partial charge < -0.3 is 9.16 Å². The zero-order valence-electron chi connectivity index (χ0n) is 12.1. The fraction of sp³-hybridized carbons (Fsp3) is 0.467. The Labute approximate surface area is 112 Å². The molecule has 0 saturated carbocycles. The summed E-state index contributed by atoms with van der Waals surface area (Å²) in [5, 5.41) is 0. The fourth-order valence-corrected chi connectivity index (χ4v) is 2.41. The standard InChI is InChI=1S/C15H24O2Si/c1-6-16-15(17-18(3,4)5)13(2)12-14-10-8-7-9-11-14/h7-11H,6,12H2,1-5H3. The van der Waals surface area contributed by atoms with Gasteiger partial charge in [-0.2, -0.15) is 0 Å². The number of ether oxygens (including phenoxy) is 1. The smallest absolute Gasteiger partial charge is 0.264 e. The molecule has 0 aromatic heterocycles. The molecule has 0 amide bonds. The van der Waals surface area contributed by atoms with E-state index < -0.39 is 8.32 Å². The first-order chi connectivity index (χ1) is 8.42. The summed E-state index contributed by atoms with van der Waals surface area (Å²) < 4.78 is 11.7. The molecule has 0 heterocycles. The number of benzene rings is 1. The normalized spacial score (nSPS) is 12.9. The van der Waals surface area contributed by atoms with Crippen molar-refractivity contribution >= 4 is 8.32 Å². The summed E-state index contributed by atoms with van der Waals surface area (Å²) in [5.74, 6) is 0.723. The van der Waals surface area contributed by atoms with Crippen molar-refractivity contribution in [2.24, 2.45) is 0 Å². The van der Waals surface area contributed by atoms with Crippen molar-refractivity contribution < 1.29 is 9.16 Å². The SMILES string of the molecule is CCOC(O[Si](C)(C)C)=C(C)Cc1ccccc1. The van der Waals surface area contributed by atoms with Crippen LogP contribution >= 0.6 is 0 Å². The summed E-state index contributed by atoms with van der Waals surface area (Å²) in [7, 11) is -1.62. The Bertz CT molecular complexity index is 391. The lowest BCUT2D eigenvalue weighted by atomic mass is 10.1. The van der Waals surface area contributed by atoms with Gasteiger partial charge >= 0.3 is 0 Å². The zero-order chi connectivity index (χ0) is 13.6. The lowest BCUT2D eigenvalue weighted by molar-refractivity contribution is 0.107. The average molecular weight is 264 g/mol. The lowest BCUT2D eigenvalue weighted by Crippen LogP contribution is -2.26. The summed E-state index contributed by atoms with van der Waals surface area (Å²) in [6.07, 6.45) is 0.876. The minimum atomic E-state index is -1.62. The van der Waals surface area contributed by atoms with Crippen molar-refractivity contribution in [1.29, 1.82) is 0 Å². The minimum Gasteiger partial charge on any atom is -0.520 e. The highest BCUT2D eigenvalue weighted by molar-refractivity contribution is 6.70. The highest BCUT2D eigenvalue weighted by atomic mass is 28.4. The maximum Gasteiger partial charge on any atom is 0.264 e. The van der Waals surface area contributed by atoms with E-state index in [1.165, 1.54) is 5.56 Å². The van der Waals surface area contributed by atoms with Crippen LogP contribution in [0.4, 0.5) is 0 Å². The van der Waals surface area contributed by atoms with Gasteiger partial charge in [-0.1, -0.05) is 30.3 Å². The van der Waals surface area contributed by atoms with E-state index in [1.807, 2.05) is 13.0 Å². The molecular weight excluding hydrogens is 240 g/mol.